The molecular formula is C17H23BrN2O2. The minimum absolute atomic E-state index is 0.0376. The lowest BCUT2D eigenvalue weighted by molar-refractivity contribution is 0.0174. The number of benzene rings is 1. The van der Waals surface area contributed by atoms with Crippen LogP contribution in [0.2, 0.25) is 0 Å². The number of nitrogens with zero attached hydrogens (tertiary/aromatic N) is 1. The Kier molecular flexibility index (Phi) is 5.03. The van der Waals surface area contributed by atoms with E-state index in [0.717, 1.165) is 4.47 Å². The van der Waals surface area contributed by atoms with E-state index in [1.54, 1.807) is 0 Å². The van der Waals surface area contributed by atoms with Gasteiger partial charge in [-0.3, -0.25) is 0 Å². The first kappa shape index (κ1) is 15.8. The molecule has 0 unspecified atom stereocenters. The van der Waals surface area contributed by atoms with E-state index in [0.29, 0.717) is 25.7 Å². The van der Waals surface area contributed by atoms with Crippen LogP contribution in [0.5, 0.6) is 0 Å². The Hall–Kier alpha value is -1.07. The minimum atomic E-state index is 0.0376. The summed E-state index contributed by atoms with van der Waals surface area (Å²) in [6.07, 6.45) is 3.65. The SMILES string of the molecule is C[C@@H]1COCCN1C(=O)N[C@H](c1ccc(Br)cc1)C1CCC1. The number of hydrogen-bond donors (Lipinski definition) is 1. The van der Waals surface area contributed by atoms with Gasteiger partial charge in [0.05, 0.1) is 25.3 Å². The molecule has 0 bridgehead atoms. The van der Waals surface area contributed by atoms with Crippen LogP contribution in [0.25, 0.3) is 0 Å². The fraction of sp³-hybridized carbons (Fsp3) is 0.588. The molecule has 2 aliphatic rings. The Balaban J connectivity index is 1.72. The number of ether oxygens (including phenoxy) is 1. The van der Waals surface area contributed by atoms with E-state index in [9.17, 15) is 4.79 Å². The van der Waals surface area contributed by atoms with Gasteiger partial charge in [0, 0.05) is 11.0 Å². The summed E-state index contributed by atoms with van der Waals surface area (Å²) in [7, 11) is 0. The molecule has 0 aromatic heterocycles. The molecule has 1 saturated carbocycles. The van der Waals surface area contributed by atoms with Crippen molar-refractivity contribution in [3.8, 4) is 0 Å². The highest BCUT2D eigenvalue weighted by molar-refractivity contribution is 9.10. The molecule has 1 aliphatic carbocycles. The van der Waals surface area contributed by atoms with E-state index in [1.807, 2.05) is 24.0 Å². The first-order valence-corrected chi connectivity index (χ1v) is 8.85. The second-order valence-corrected chi connectivity index (χ2v) is 7.20. The van der Waals surface area contributed by atoms with E-state index < -0.39 is 0 Å². The maximum Gasteiger partial charge on any atom is 0.318 e. The molecule has 1 aliphatic heterocycles. The zero-order valence-corrected chi connectivity index (χ0v) is 14.5. The van der Waals surface area contributed by atoms with Crippen molar-refractivity contribution in [2.45, 2.75) is 38.3 Å². The Morgan fingerprint density at radius 1 is 1.36 bits per heavy atom. The molecule has 1 saturated heterocycles. The van der Waals surface area contributed by atoms with Crippen molar-refractivity contribution in [2.75, 3.05) is 19.8 Å². The summed E-state index contributed by atoms with van der Waals surface area (Å²) in [4.78, 5) is 14.6. The van der Waals surface area contributed by atoms with Crippen molar-refractivity contribution >= 4 is 22.0 Å². The fourth-order valence-corrected chi connectivity index (χ4v) is 3.43. The summed E-state index contributed by atoms with van der Waals surface area (Å²) < 4.78 is 6.48. The van der Waals surface area contributed by atoms with Gasteiger partial charge in [-0.25, -0.2) is 4.79 Å². The largest absolute Gasteiger partial charge is 0.377 e. The third-order valence-electron chi connectivity index (χ3n) is 4.76. The third kappa shape index (κ3) is 3.46. The molecule has 1 aromatic rings. The normalized spacial score (nSPS) is 23.7. The standard InChI is InChI=1S/C17H23BrN2O2/c1-12-11-22-10-9-20(12)17(21)19-16(13-3-2-4-13)14-5-7-15(18)8-6-14/h5-8,12-13,16H,2-4,9-11H2,1H3,(H,19,21)/t12-,16+/m1/s1. The number of halogens is 1. The van der Waals surface area contributed by atoms with Crippen LogP contribution in [0.4, 0.5) is 4.79 Å². The van der Waals surface area contributed by atoms with Gasteiger partial charge in [-0.05, 0) is 43.4 Å². The van der Waals surface area contributed by atoms with Gasteiger partial charge in [-0.1, -0.05) is 34.5 Å². The van der Waals surface area contributed by atoms with Crippen molar-refractivity contribution in [2.24, 2.45) is 5.92 Å². The van der Waals surface area contributed by atoms with Gasteiger partial charge in [0.2, 0.25) is 0 Å². The second kappa shape index (κ2) is 7.01. The highest BCUT2D eigenvalue weighted by Crippen LogP contribution is 2.38. The Bertz CT molecular complexity index is 516. The lowest BCUT2D eigenvalue weighted by Gasteiger charge is -2.38. The Labute approximate surface area is 140 Å². The lowest BCUT2D eigenvalue weighted by atomic mass is 9.77. The van der Waals surface area contributed by atoms with Crippen molar-refractivity contribution in [1.82, 2.24) is 10.2 Å². The van der Waals surface area contributed by atoms with Crippen LogP contribution in [0.3, 0.4) is 0 Å². The molecule has 2 amide bonds. The summed E-state index contributed by atoms with van der Waals surface area (Å²) in [5.41, 5.74) is 1.20. The molecule has 0 radical (unpaired) electrons. The first-order chi connectivity index (χ1) is 10.6. The van der Waals surface area contributed by atoms with Gasteiger partial charge >= 0.3 is 6.03 Å². The first-order valence-electron chi connectivity index (χ1n) is 8.05. The number of carbonyl (C=O) groups excluding carboxylic acids is 1. The number of amides is 2. The minimum Gasteiger partial charge on any atom is -0.377 e. The van der Waals surface area contributed by atoms with E-state index >= 15 is 0 Å². The van der Waals surface area contributed by atoms with Crippen LogP contribution in [0, 0.1) is 5.92 Å². The van der Waals surface area contributed by atoms with Crippen LogP contribution in [-0.4, -0.2) is 36.7 Å². The summed E-state index contributed by atoms with van der Waals surface area (Å²) in [6, 6.07) is 8.60. The predicted molar refractivity (Wildman–Crippen MR) is 89.7 cm³/mol. The number of nitrogens with one attached hydrogen (secondary N) is 1. The van der Waals surface area contributed by atoms with Crippen LogP contribution >= 0.6 is 15.9 Å². The molecule has 120 valence electrons. The third-order valence-corrected chi connectivity index (χ3v) is 5.29. The average molecular weight is 367 g/mol. The van der Waals surface area contributed by atoms with Crippen molar-refractivity contribution < 1.29 is 9.53 Å². The van der Waals surface area contributed by atoms with Gasteiger partial charge in [-0.15, -0.1) is 0 Å². The molecule has 1 N–H and O–H groups in total. The van der Waals surface area contributed by atoms with Crippen molar-refractivity contribution in [3.63, 3.8) is 0 Å². The molecule has 1 heterocycles. The number of morpholine rings is 1. The maximum absolute atomic E-state index is 12.7. The van der Waals surface area contributed by atoms with Crippen LogP contribution < -0.4 is 5.32 Å². The molecule has 1 aromatic carbocycles. The van der Waals surface area contributed by atoms with E-state index in [4.69, 9.17) is 4.74 Å². The molecular weight excluding hydrogens is 344 g/mol. The second-order valence-electron chi connectivity index (χ2n) is 6.29. The van der Waals surface area contributed by atoms with E-state index in [2.05, 4.69) is 33.4 Å². The monoisotopic (exact) mass is 366 g/mol. The zero-order chi connectivity index (χ0) is 15.5. The summed E-state index contributed by atoms with van der Waals surface area (Å²) >= 11 is 3.47. The molecule has 4 nitrogen and oxygen atoms in total. The van der Waals surface area contributed by atoms with E-state index in [-0.39, 0.29) is 18.1 Å². The summed E-state index contributed by atoms with van der Waals surface area (Å²) in [5, 5.41) is 3.27. The fourth-order valence-electron chi connectivity index (χ4n) is 3.16. The molecule has 22 heavy (non-hydrogen) atoms. The molecule has 2 fully saturated rings. The van der Waals surface area contributed by atoms with Gasteiger partial charge < -0.3 is 15.0 Å². The molecule has 5 heteroatoms. The van der Waals surface area contributed by atoms with Crippen molar-refractivity contribution in [1.29, 1.82) is 0 Å². The maximum atomic E-state index is 12.7. The van der Waals surface area contributed by atoms with E-state index in [1.165, 1.54) is 24.8 Å². The Morgan fingerprint density at radius 3 is 2.68 bits per heavy atom. The average Bonchev–Trinajstić information content (AvgIpc) is 2.46. The van der Waals surface area contributed by atoms with Crippen LogP contribution in [0.15, 0.2) is 28.7 Å². The number of rotatable bonds is 3. The lowest BCUT2D eigenvalue weighted by Crippen LogP contribution is -2.52. The highest BCUT2D eigenvalue weighted by Gasteiger charge is 2.32. The molecule has 3 rings (SSSR count). The number of hydrogen-bond acceptors (Lipinski definition) is 2. The molecule has 0 spiro atoms. The topological polar surface area (TPSA) is 41.6 Å². The Morgan fingerprint density at radius 2 is 2.09 bits per heavy atom. The van der Waals surface area contributed by atoms with Gasteiger partial charge in [0.25, 0.3) is 0 Å². The quantitative estimate of drug-likeness (QED) is 0.885. The highest BCUT2D eigenvalue weighted by atomic mass is 79.9. The number of urea groups is 1. The van der Waals surface area contributed by atoms with Crippen molar-refractivity contribution in [3.05, 3.63) is 34.3 Å². The van der Waals surface area contributed by atoms with Gasteiger partial charge in [-0.2, -0.15) is 0 Å². The van der Waals surface area contributed by atoms with Crippen LogP contribution in [0.1, 0.15) is 37.8 Å². The smallest absolute Gasteiger partial charge is 0.318 e. The molecule has 2 atom stereocenters. The summed E-state index contributed by atoms with van der Waals surface area (Å²) in [6.45, 7) is 3.96. The zero-order valence-electron chi connectivity index (χ0n) is 12.9. The predicted octanol–water partition coefficient (Wildman–Crippen LogP) is 3.72. The summed E-state index contributed by atoms with van der Waals surface area (Å²) in [5.74, 6) is 0.557. The van der Waals surface area contributed by atoms with Gasteiger partial charge in [0.15, 0.2) is 0 Å². The van der Waals surface area contributed by atoms with Gasteiger partial charge in [0.1, 0.15) is 0 Å². The number of carbonyl (C=O) groups is 1. The van der Waals surface area contributed by atoms with Crippen LogP contribution in [-0.2, 0) is 4.74 Å².